The highest BCUT2D eigenvalue weighted by Crippen LogP contribution is 2.15. The summed E-state index contributed by atoms with van der Waals surface area (Å²) in [5.41, 5.74) is -0.786. The smallest absolute Gasteiger partial charge is 0.147 e. The SMILES string of the molecule is Cl.Cl.OC1(CN2CCN(c3cnccn3)CC2)CNCCOC1. The zero-order valence-electron chi connectivity index (χ0n) is 13.1. The standard InChI is InChI=1S/C14H23N5O2.2ClH/c20-14(10-16-3-8-21-12-14)11-18-4-6-19(7-5-18)13-9-15-1-2-17-13;;/h1-2,9,16,20H,3-8,10-12H2;2*1H. The molecule has 23 heavy (non-hydrogen) atoms. The van der Waals surface area contributed by atoms with Crippen LogP contribution >= 0.6 is 24.8 Å². The molecule has 0 spiro atoms. The van der Waals surface area contributed by atoms with Crippen molar-refractivity contribution in [3.05, 3.63) is 18.6 Å². The molecule has 0 bridgehead atoms. The van der Waals surface area contributed by atoms with Crippen molar-refractivity contribution in [1.29, 1.82) is 0 Å². The molecule has 132 valence electrons. The molecule has 9 heteroatoms. The Morgan fingerprint density at radius 2 is 2.00 bits per heavy atom. The quantitative estimate of drug-likeness (QED) is 0.767. The molecule has 2 aliphatic rings. The van der Waals surface area contributed by atoms with E-state index in [9.17, 15) is 5.11 Å². The number of halogens is 2. The van der Waals surface area contributed by atoms with E-state index < -0.39 is 5.60 Å². The van der Waals surface area contributed by atoms with Gasteiger partial charge in [-0.2, -0.15) is 0 Å². The lowest BCUT2D eigenvalue weighted by molar-refractivity contribution is -0.0495. The van der Waals surface area contributed by atoms with Crippen LogP contribution in [0.1, 0.15) is 0 Å². The monoisotopic (exact) mass is 365 g/mol. The number of hydrogen-bond donors (Lipinski definition) is 2. The Morgan fingerprint density at radius 3 is 2.70 bits per heavy atom. The van der Waals surface area contributed by atoms with Gasteiger partial charge in [-0.3, -0.25) is 9.88 Å². The summed E-state index contributed by atoms with van der Waals surface area (Å²) in [7, 11) is 0. The van der Waals surface area contributed by atoms with Gasteiger partial charge in [0.1, 0.15) is 11.4 Å². The molecule has 0 aromatic carbocycles. The predicted molar refractivity (Wildman–Crippen MR) is 93.8 cm³/mol. The first-order valence-corrected chi connectivity index (χ1v) is 7.49. The van der Waals surface area contributed by atoms with Gasteiger partial charge in [-0.1, -0.05) is 0 Å². The fourth-order valence-corrected chi connectivity index (χ4v) is 2.89. The Hall–Kier alpha value is -0.700. The van der Waals surface area contributed by atoms with Crippen molar-refractivity contribution in [2.75, 3.05) is 63.9 Å². The first-order valence-electron chi connectivity index (χ1n) is 7.49. The van der Waals surface area contributed by atoms with E-state index in [0.29, 0.717) is 26.3 Å². The van der Waals surface area contributed by atoms with E-state index >= 15 is 0 Å². The molecule has 3 rings (SSSR count). The van der Waals surface area contributed by atoms with Crippen LogP contribution in [0.4, 0.5) is 5.82 Å². The lowest BCUT2D eigenvalue weighted by Crippen LogP contribution is -2.56. The molecule has 1 unspecified atom stereocenters. The number of β-amino-alcohol motifs (C(OH)–C–C–N with tert-alkyl or cyclic N) is 1. The third-order valence-corrected chi connectivity index (χ3v) is 4.01. The van der Waals surface area contributed by atoms with Gasteiger partial charge in [-0.15, -0.1) is 24.8 Å². The van der Waals surface area contributed by atoms with E-state index in [1.165, 1.54) is 0 Å². The molecule has 1 atom stereocenters. The molecular weight excluding hydrogens is 341 g/mol. The molecule has 0 amide bonds. The van der Waals surface area contributed by atoms with Crippen LogP contribution in [-0.2, 0) is 4.74 Å². The number of nitrogens with one attached hydrogen (secondary N) is 1. The van der Waals surface area contributed by atoms with Crippen LogP contribution in [0.25, 0.3) is 0 Å². The minimum absolute atomic E-state index is 0. The number of nitrogens with zero attached hydrogens (tertiary/aromatic N) is 4. The van der Waals surface area contributed by atoms with Crippen molar-refractivity contribution in [1.82, 2.24) is 20.2 Å². The van der Waals surface area contributed by atoms with Crippen molar-refractivity contribution in [3.63, 3.8) is 0 Å². The van der Waals surface area contributed by atoms with Crippen molar-refractivity contribution < 1.29 is 9.84 Å². The summed E-state index contributed by atoms with van der Waals surface area (Å²) in [6.45, 7) is 6.77. The van der Waals surface area contributed by atoms with Gasteiger partial charge in [0.15, 0.2) is 0 Å². The topological polar surface area (TPSA) is 73.8 Å². The summed E-state index contributed by atoms with van der Waals surface area (Å²) >= 11 is 0. The molecule has 0 saturated carbocycles. The summed E-state index contributed by atoms with van der Waals surface area (Å²) in [5.74, 6) is 0.926. The van der Waals surface area contributed by atoms with E-state index in [2.05, 4.69) is 25.1 Å². The van der Waals surface area contributed by atoms with Crippen molar-refractivity contribution in [2.24, 2.45) is 0 Å². The second-order valence-electron chi connectivity index (χ2n) is 5.78. The fourth-order valence-electron chi connectivity index (χ4n) is 2.89. The maximum atomic E-state index is 10.6. The van der Waals surface area contributed by atoms with Gasteiger partial charge >= 0.3 is 0 Å². The molecule has 0 aliphatic carbocycles. The molecular formula is C14H25Cl2N5O2. The summed E-state index contributed by atoms with van der Waals surface area (Å²) in [6.07, 6.45) is 5.21. The minimum Gasteiger partial charge on any atom is -0.385 e. The van der Waals surface area contributed by atoms with Gasteiger partial charge in [0, 0.05) is 58.2 Å². The Kier molecular flexibility index (Phi) is 8.46. The molecule has 2 N–H and O–H groups in total. The van der Waals surface area contributed by atoms with Crippen LogP contribution in [0.5, 0.6) is 0 Å². The summed E-state index contributed by atoms with van der Waals surface area (Å²) in [5, 5.41) is 13.9. The van der Waals surface area contributed by atoms with E-state index in [1.807, 2.05) is 0 Å². The van der Waals surface area contributed by atoms with Gasteiger partial charge in [0.05, 0.1) is 19.4 Å². The number of rotatable bonds is 3. The number of hydrogen-bond acceptors (Lipinski definition) is 7. The zero-order valence-corrected chi connectivity index (χ0v) is 14.7. The average molecular weight is 366 g/mol. The Bertz CT molecular complexity index is 438. The lowest BCUT2D eigenvalue weighted by atomic mass is 10.0. The third-order valence-electron chi connectivity index (χ3n) is 4.01. The molecule has 2 aliphatic heterocycles. The first kappa shape index (κ1) is 20.3. The van der Waals surface area contributed by atoms with Crippen LogP contribution in [0.15, 0.2) is 18.6 Å². The van der Waals surface area contributed by atoms with Crippen LogP contribution in [0, 0.1) is 0 Å². The summed E-state index contributed by atoms with van der Waals surface area (Å²) < 4.78 is 5.47. The summed E-state index contributed by atoms with van der Waals surface area (Å²) in [4.78, 5) is 13.0. The molecule has 0 radical (unpaired) electrons. The highest BCUT2D eigenvalue weighted by atomic mass is 35.5. The van der Waals surface area contributed by atoms with E-state index in [1.54, 1.807) is 18.6 Å². The number of aliphatic hydroxyl groups is 1. The summed E-state index contributed by atoms with van der Waals surface area (Å²) in [6, 6.07) is 0. The normalized spacial score (nSPS) is 25.9. The largest absolute Gasteiger partial charge is 0.385 e. The van der Waals surface area contributed by atoms with Crippen LogP contribution in [-0.4, -0.2) is 84.6 Å². The van der Waals surface area contributed by atoms with Gasteiger partial charge in [0.25, 0.3) is 0 Å². The number of aromatic nitrogens is 2. The van der Waals surface area contributed by atoms with Gasteiger partial charge in [0.2, 0.25) is 0 Å². The maximum Gasteiger partial charge on any atom is 0.147 e. The van der Waals surface area contributed by atoms with Gasteiger partial charge in [-0.25, -0.2) is 4.98 Å². The number of anilines is 1. The van der Waals surface area contributed by atoms with Crippen molar-refractivity contribution >= 4 is 30.6 Å². The van der Waals surface area contributed by atoms with Crippen LogP contribution in [0.2, 0.25) is 0 Å². The molecule has 1 aromatic heterocycles. The van der Waals surface area contributed by atoms with Crippen molar-refractivity contribution in [2.45, 2.75) is 5.60 Å². The predicted octanol–water partition coefficient (Wildman–Crippen LogP) is -0.207. The second-order valence-corrected chi connectivity index (χ2v) is 5.78. The second kappa shape index (κ2) is 9.56. The number of piperazine rings is 1. The number of ether oxygens (including phenoxy) is 1. The van der Waals surface area contributed by atoms with Gasteiger partial charge in [-0.05, 0) is 0 Å². The van der Waals surface area contributed by atoms with Crippen molar-refractivity contribution in [3.8, 4) is 0 Å². The lowest BCUT2D eigenvalue weighted by Gasteiger charge is -2.39. The van der Waals surface area contributed by atoms with Gasteiger partial charge < -0.3 is 20.1 Å². The minimum atomic E-state index is -0.786. The van der Waals surface area contributed by atoms with E-state index in [0.717, 1.165) is 38.5 Å². The third kappa shape index (κ3) is 5.70. The molecule has 1 aromatic rings. The Labute approximate surface area is 149 Å². The molecule has 2 saturated heterocycles. The van der Waals surface area contributed by atoms with Crippen LogP contribution in [0.3, 0.4) is 0 Å². The zero-order chi connectivity index (χ0) is 14.5. The fraction of sp³-hybridized carbons (Fsp3) is 0.714. The molecule has 3 heterocycles. The van der Waals surface area contributed by atoms with E-state index in [-0.39, 0.29) is 24.8 Å². The molecule has 7 nitrogen and oxygen atoms in total. The first-order chi connectivity index (χ1) is 10.3. The highest BCUT2D eigenvalue weighted by molar-refractivity contribution is 5.85. The van der Waals surface area contributed by atoms with Crippen LogP contribution < -0.4 is 10.2 Å². The average Bonchev–Trinajstić information content (AvgIpc) is 2.74. The Morgan fingerprint density at radius 1 is 1.22 bits per heavy atom. The maximum absolute atomic E-state index is 10.6. The highest BCUT2D eigenvalue weighted by Gasteiger charge is 2.32. The Balaban J connectivity index is 0.00000132. The molecule has 2 fully saturated rings. The van der Waals surface area contributed by atoms with E-state index in [4.69, 9.17) is 4.74 Å².